The minimum absolute atomic E-state index is 0.0958. The molecule has 0 aromatic carbocycles. The topological polar surface area (TPSA) is 32.3 Å². The van der Waals surface area contributed by atoms with Gasteiger partial charge in [0, 0.05) is 19.6 Å². The minimum atomic E-state index is -0.0958. The average molecular weight is 238 g/mol. The van der Waals surface area contributed by atoms with Crippen molar-refractivity contribution in [1.29, 1.82) is 0 Å². The molecule has 2 saturated heterocycles. The van der Waals surface area contributed by atoms with Gasteiger partial charge in [-0.25, -0.2) is 0 Å². The van der Waals surface area contributed by atoms with E-state index < -0.39 is 0 Å². The monoisotopic (exact) mass is 238 g/mol. The van der Waals surface area contributed by atoms with E-state index in [-0.39, 0.29) is 5.41 Å². The van der Waals surface area contributed by atoms with Crippen molar-refractivity contribution in [3.05, 3.63) is 0 Å². The number of nitrogens with one attached hydrogen (secondary N) is 1. The van der Waals surface area contributed by atoms with Crippen LogP contribution in [0.15, 0.2) is 0 Å². The number of hydrogen-bond acceptors (Lipinski definition) is 2. The Morgan fingerprint density at radius 3 is 2.35 bits per heavy atom. The first-order valence-corrected chi connectivity index (χ1v) is 6.99. The molecule has 3 nitrogen and oxygen atoms in total. The van der Waals surface area contributed by atoms with Crippen LogP contribution in [-0.2, 0) is 4.79 Å². The third kappa shape index (κ3) is 2.49. The summed E-state index contributed by atoms with van der Waals surface area (Å²) in [4.78, 5) is 14.8. The van der Waals surface area contributed by atoms with Crippen LogP contribution in [0.2, 0.25) is 0 Å². The third-order valence-corrected chi connectivity index (χ3v) is 4.78. The van der Waals surface area contributed by atoms with Crippen LogP contribution in [0, 0.1) is 10.8 Å². The van der Waals surface area contributed by atoms with Crippen molar-refractivity contribution in [2.24, 2.45) is 10.8 Å². The Labute approximate surface area is 105 Å². The number of nitrogens with zero attached hydrogens (tertiary/aromatic N) is 1. The zero-order valence-corrected chi connectivity index (χ0v) is 11.5. The molecule has 2 aliphatic heterocycles. The van der Waals surface area contributed by atoms with Gasteiger partial charge in [0.1, 0.15) is 0 Å². The van der Waals surface area contributed by atoms with E-state index in [0.29, 0.717) is 11.3 Å². The highest BCUT2D eigenvalue weighted by molar-refractivity contribution is 5.83. The first-order valence-electron chi connectivity index (χ1n) is 6.99. The Kier molecular flexibility index (Phi) is 3.48. The molecular weight excluding hydrogens is 212 g/mol. The van der Waals surface area contributed by atoms with E-state index in [4.69, 9.17) is 0 Å². The minimum Gasteiger partial charge on any atom is -0.342 e. The maximum Gasteiger partial charge on any atom is 0.230 e. The van der Waals surface area contributed by atoms with Gasteiger partial charge in [-0.15, -0.1) is 0 Å². The van der Waals surface area contributed by atoms with Crippen LogP contribution in [0.3, 0.4) is 0 Å². The Bertz CT molecular complexity index is 283. The summed E-state index contributed by atoms with van der Waals surface area (Å²) in [5.74, 6) is 0.403. The van der Waals surface area contributed by atoms with Crippen molar-refractivity contribution in [2.45, 2.75) is 46.5 Å². The second-order valence-electron chi connectivity index (χ2n) is 6.52. The third-order valence-electron chi connectivity index (χ3n) is 4.78. The first-order chi connectivity index (χ1) is 7.99. The molecule has 0 aromatic heterocycles. The van der Waals surface area contributed by atoms with Crippen LogP contribution in [-0.4, -0.2) is 37.0 Å². The number of amides is 1. The van der Waals surface area contributed by atoms with Gasteiger partial charge in [0.25, 0.3) is 0 Å². The smallest absolute Gasteiger partial charge is 0.230 e. The number of carbonyl (C=O) groups excluding carboxylic acids is 1. The SMILES string of the molecule is CCC1(C(=O)N2CCC(C)(C)CC2)CCNC1. The van der Waals surface area contributed by atoms with E-state index in [1.165, 1.54) is 0 Å². The van der Waals surface area contributed by atoms with Crippen LogP contribution in [0.25, 0.3) is 0 Å². The highest BCUT2D eigenvalue weighted by Gasteiger charge is 2.43. The fourth-order valence-electron chi connectivity index (χ4n) is 3.03. The maximum atomic E-state index is 12.7. The molecule has 2 aliphatic rings. The summed E-state index contributed by atoms with van der Waals surface area (Å²) in [6, 6.07) is 0. The van der Waals surface area contributed by atoms with Crippen LogP contribution in [0.1, 0.15) is 46.5 Å². The molecule has 1 atom stereocenters. The summed E-state index contributed by atoms with van der Waals surface area (Å²) in [6.45, 7) is 10.5. The van der Waals surface area contributed by atoms with Crippen LogP contribution >= 0.6 is 0 Å². The Morgan fingerprint density at radius 1 is 1.24 bits per heavy atom. The summed E-state index contributed by atoms with van der Waals surface area (Å²) in [5.41, 5.74) is 0.325. The second-order valence-corrected chi connectivity index (χ2v) is 6.52. The number of hydrogen-bond donors (Lipinski definition) is 1. The standard InChI is InChI=1S/C14H26N2O/c1-4-14(5-8-15-11-14)12(17)16-9-6-13(2,3)7-10-16/h15H,4-11H2,1-3H3. The fourth-order valence-corrected chi connectivity index (χ4v) is 3.03. The van der Waals surface area contributed by atoms with E-state index in [9.17, 15) is 4.79 Å². The fraction of sp³-hybridized carbons (Fsp3) is 0.929. The van der Waals surface area contributed by atoms with Gasteiger partial charge in [0.2, 0.25) is 5.91 Å². The Hall–Kier alpha value is -0.570. The first kappa shape index (κ1) is 12.9. The van der Waals surface area contributed by atoms with E-state index in [2.05, 4.69) is 31.0 Å². The Morgan fingerprint density at radius 2 is 1.88 bits per heavy atom. The molecule has 17 heavy (non-hydrogen) atoms. The van der Waals surface area contributed by atoms with Crippen LogP contribution < -0.4 is 5.32 Å². The normalized spacial score (nSPS) is 32.8. The molecule has 0 spiro atoms. The van der Waals surface area contributed by atoms with Gasteiger partial charge in [-0.2, -0.15) is 0 Å². The second kappa shape index (κ2) is 4.60. The van der Waals surface area contributed by atoms with Gasteiger partial charge in [-0.1, -0.05) is 20.8 Å². The predicted octanol–water partition coefficient (Wildman–Crippen LogP) is 2.02. The predicted molar refractivity (Wildman–Crippen MR) is 69.8 cm³/mol. The van der Waals surface area contributed by atoms with E-state index >= 15 is 0 Å². The molecule has 2 rings (SSSR count). The number of carbonyl (C=O) groups is 1. The lowest BCUT2D eigenvalue weighted by molar-refractivity contribution is -0.143. The summed E-state index contributed by atoms with van der Waals surface area (Å²) in [5, 5.41) is 3.35. The van der Waals surface area contributed by atoms with Crippen molar-refractivity contribution in [2.75, 3.05) is 26.2 Å². The van der Waals surface area contributed by atoms with Gasteiger partial charge in [-0.3, -0.25) is 4.79 Å². The van der Waals surface area contributed by atoms with Crippen molar-refractivity contribution in [3.63, 3.8) is 0 Å². The lowest BCUT2D eigenvalue weighted by Crippen LogP contribution is -2.49. The largest absolute Gasteiger partial charge is 0.342 e. The summed E-state index contributed by atoms with van der Waals surface area (Å²) in [6.07, 6.45) is 4.28. The number of likely N-dealkylation sites (tertiary alicyclic amines) is 1. The summed E-state index contributed by atoms with van der Waals surface area (Å²) in [7, 11) is 0. The molecule has 1 amide bonds. The van der Waals surface area contributed by atoms with E-state index in [0.717, 1.165) is 51.9 Å². The summed E-state index contributed by atoms with van der Waals surface area (Å²) < 4.78 is 0. The molecule has 1 unspecified atom stereocenters. The molecular formula is C14H26N2O. The number of piperidine rings is 1. The zero-order chi connectivity index (χ0) is 12.5. The zero-order valence-electron chi connectivity index (χ0n) is 11.5. The Balaban J connectivity index is 2.01. The summed E-state index contributed by atoms with van der Waals surface area (Å²) >= 11 is 0. The number of rotatable bonds is 2. The highest BCUT2D eigenvalue weighted by Crippen LogP contribution is 2.35. The molecule has 98 valence electrons. The van der Waals surface area contributed by atoms with Crippen molar-refractivity contribution in [3.8, 4) is 0 Å². The van der Waals surface area contributed by atoms with E-state index in [1.807, 2.05) is 0 Å². The maximum absolute atomic E-state index is 12.7. The molecule has 2 heterocycles. The molecule has 0 saturated carbocycles. The molecule has 3 heteroatoms. The van der Waals surface area contributed by atoms with Crippen molar-refractivity contribution < 1.29 is 4.79 Å². The molecule has 2 fully saturated rings. The van der Waals surface area contributed by atoms with Gasteiger partial charge in [0.05, 0.1) is 5.41 Å². The van der Waals surface area contributed by atoms with Gasteiger partial charge >= 0.3 is 0 Å². The molecule has 0 aliphatic carbocycles. The molecule has 0 radical (unpaired) electrons. The molecule has 1 N–H and O–H groups in total. The van der Waals surface area contributed by atoms with E-state index in [1.54, 1.807) is 0 Å². The van der Waals surface area contributed by atoms with Crippen LogP contribution in [0.4, 0.5) is 0 Å². The van der Waals surface area contributed by atoms with Crippen molar-refractivity contribution >= 4 is 5.91 Å². The highest BCUT2D eigenvalue weighted by atomic mass is 16.2. The quantitative estimate of drug-likeness (QED) is 0.798. The molecule has 0 bridgehead atoms. The van der Waals surface area contributed by atoms with Gasteiger partial charge < -0.3 is 10.2 Å². The lowest BCUT2D eigenvalue weighted by Gasteiger charge is -2.40. The van der Waals surface area contributed by atoms with Gasteiger partial charge in [-0.05, 0) is 37.6 Å². The average Bonchev–Trinajstić information content (AvgIpc) is 2.78. The van der Waals surface area contributed by atoms with Crippen LogP contribution in [0.5, 0.6) is 0 Å². The van der Waals surface area contributed by atoms with Gasteiger partial charge in [0.15, 0.2) is 0 Å². The van der Waals surface area contributed by atoms with Crippen molar-refractivity contribution in [1.82, 2.24) is 10.2 Å². The molecule has 0 aromatic rings. The lowest BCUT2D eigenvalue weighted by atomic mass is 9.79.